The molecule has 9 heteroatoms. The lowest BCUT2D eigenvalue weighted by Crippen LogP contribution is -2.30. The molecule has 0 aliphatic rings. The van der Waals surface area contributed by atoms with Crippen LogP contribution in [0.2, 0.25) is 0 Å². The van der Waals surface area contributed by atoms with Gasteiger partial charge in [-0.25, -0.2) is 17.9 Å². The van der Waals surface area contributed by atoms with Crippen LogP contribution in [-0.2, 0) is 21.3 Å². The Balaban J connectivity index is 2.02. The van der Waals surface area contributed by atoms with Crippen molar-refractivity contribution in [2.75, 3.05) is 13.7 Å². The molecule has 0 radical (unpaired) electrons. The number of hydrogen-bond donors (Lipinski definition) is 1. The SMILES string of the molecule is COC(=O)c1sccc1S(=O)(=O)NCC(C)Cn1cccn1. The third-order valence-electron chi connectivity index (χ3n) is 2.97. The molecule has 22 heavy (non-hydrogen) atoms. The molecule has 1 atom stereocenters. The summed E-state index contributed by atoms with van der Waals surface area (Å²) in [5.41, 5.74) is 0. The van der Waals surface area contributed by atoms with Crippen molar-refractivity contribution in [1.29, 1.82) is 0 Å². The summed E-state index contributed by atoms with van der Waals surface area (Å²) < 4.78 is 33.5. The van der Waals surface area contributed by atoms with Crippen molar-refractivity contribution in [3.05, 3.63) is 34.8 Å². The fourth-order valence-corrected chi connectivity index (χ4v) is 4.37. The standard InChI is InChI=1S/C13H17N3O4S2/c1-10(9-16-6-3-5-14-16)8-15-22(18,19)11-4-7-21-12(11)13(17)20-2/h3-7,10,15H,8-9H2,1-2H3. The molecular weight excluding hydrogens is 326 g/mol. The number of carbonyl (C=O) groups excluding carboxylic acids is 1. The molecule has 0 aromatic carbocycles. The predicted octanol–water partition coefficient (Wildman–Crippen LogP) is 1.35. The average Bonchev–Trinajstić information content (AvgIpc) is 3.15. The first kappa shape index (κ1) is 16.7. The van der Waals surface area contributed by atoms with Crippen LogP contribution in [0.1, 0.15) is 16.6 Å². The first-order valence-corrected chi connectivity index (χ1v) is 8.93. The highest BCUT2D eigenvalue weighted by molar-refractivity contribution is 7.89. The molecule has 2 rings (SSSR count). The van der Waals surface area contributed by atoms with E-state index in [0.29, 0.717) is 6.54 Å². The van der Waals surface area contributed by atoms with E-state index in [2.05, 4.69) is 14.6 Å². The van der Waals surface area contributed by atoms with Crippen LogP contribution >= 0.6 is 11.3 Å². The lowest BCUT2D eigenvalue weighted by Gasteiger charge is -2.13. The number of thiophene rings is 1. The normalized spacial score (nSPS) is 13.0. The Morgan fingerprint density at radius 2 is 2.32 bits per heavy atom. The second-order valence-electron chi connectivity index (χ2n) is 4.79. The zero-order chi connectivity index (χ0) is 16.2. The summed E-state index contributed by atoms with van der Waals surface area (Å²) in [6, 6.07) is 3.21. The number of nitrogens with one attached hydrogen (secondary N) is 1. The van der Waals surface area contributed by atoms with E-state index in [4.69, 9.17) is 0 Å². The van der Waals surface area contributed by atoms with Crippen molar-refractivity contribution < 1.29 is 17.9 Å². The lowest BCUT2D eigenvalue weighted by atomic mass is 10.2. The number of aromatic nitrogens is 2. The predicted molar refractivity (Wildman–Crippen MR) is 82.2 cm³/mol. The molecule has 120 valence electrons. The second kappa shape index (κ2) is 7.03. The van der Waals surface area contributed by atoms with E-state index >= 15 is 0 Å². The molecule has 1 unspecified atom stereocenters. The number of esters is 1. The molecule has 7 nitrogen and oxygen atoms in total. The zero-order valence-corrected chi connectivity index (χ0v) is 13.9. The molecule has 0 amide bonds. The summed E-state index contributed by atoms with van der Waals surface area (Å²) in [4.78, 5) is 11.6. The maximum atomic E-state index is 12.3. The smallest absolute Gasteiger partial charge is 0.349 e. The van der Waals surface area contributed by atoms with Crippen LogP contribution in [-0.4, -0.2) is 37.8 Å². The van der Waals surface area contributed by atoms with E-state index in [1.54, 1.807) is 16.3 Å². The topological polar surface area (TPSA) is 90.3 Å². The summed E-state index contributed by atoms with van der Waals surface area (Å²) in [6.45, 7) is 2.76. The van der Waals surface area contributed by atoms with Crippen LogP contribution < -0.4 is 4.72 Å². The van der Waals surface area contributed by atoms with Crippen LogP contribution in [0.25, 0.3) is 0 Å². The van der Waals surface area contributed by atoms with Gasteiger partial charge < -0.3 is 4.74 Å². The number of sulfonamides is 1. The zero-order valence-electron chi connectivity index (χ0n) is 12.2. The van der Waals surface area contributed by atoms with E-state index < -0.39 is 16.0 Å². The maximum absolute atomic E-state index is 12.3. The lowest BCUT2D eigenvalue weighted by molar-refractivity contribution is 0.0602. The molecule has 0 aliphatic heterocycles. The van der Waals surface area contributed by atoms with Crippen LogP contribution in [0, 0.1) is 5.92 Å². The van der Waals surface area contributed by atoms with E-state index in [9.17, 15) is 13.2 Å². The molecule has 0 aliphatic carbocycles. The quantitative estimate of drug-likeness (QED) is 0.766. The fourth-order valence-electron chi connectivity index (χ4n) is 1.87. The summed E-state index contributed by atoms with van der Waals surface area (Å²) in [5.74, 6) is -0.602. The minimum absolute atomic E-state index is 0.0457. The van der Waals surface area contributed by atoms with E-state index in [1.165, 1.54) is 13.2 Å². The van der Waals surface area contributed by atoms with Gasteiger partial charge in [-0.05, 0) is 23.4 Å². The van der Waals surface area contributed by atoms with Gasteiger partial charge in [-0.1, -0.05) is 6.92 Å². The number of hydrogen-bond acceptors (Lipinski definition) is 6. The highest BCUT2D eigenvalue weighted by atomic mass is 32.2. The van der Waals surface area contributed by atoms with E-state index in [1.807, 2.05) is 19.2 Å². The third-order valence-corrected chi connectivity index (χ3v) is 5.46. The molecule has 0 bridgehead atoms. The Kier molecular flexibility index (Phi) is 5.33. The van der Waals surface area contributed by atoms with Crippen LogP contribution in [0.5, 0.6) is 0 Å². The number of rotatable bonds is 7. The largest absolute Gasteiger partial charge is 0.465 e. The van der Waals surface area contributed by atoms with Crippen LogP contribution in [0.15, 0.2) is 34.8 Å². The molecule has 0 spiro atoms. The van der Waals surface area contributed by atoms with Crippen molar-refractivity contribution in [2.45, 2.75) is 18.4 Å². The highest BCUT2D eigenvalue weighted by Gasteiger charge is 2.24. The van der Waals surface area contributed by atoms with Crippen molar-refractivity contribution in [2.24, 2.45) is 5.92 Å². The summed E-state index contributed by atoms with van der Waals surface area (Å²) in [6.07, 6.45) is 3.49. The van der Waals surface area contributed by atoms with Gasteiger partial charge >= 0.3 is 5.97 Å². The highest BCUT2D eigenvalue weighted by Crippen LogP contribution is 2.22. The number of methoxy groups -OCH3 is 1. The van der Waals surface area contributed by atoms with Gasteiger partial charge in [-0.3, -0.25) is 4.68 Å². The minimum Gasteiger partial charge on any atom is -0.465 e. The fraction of sp³-hybridized carbons (Fsp3) is 0.385. The number of nitrogens with zero attached hydrogens (tertiary/aromatic N) is 2. The van der Waals surface area contributed by atoms with Gasteiger partial charge in [0.15, 0.2) is 0 Å². The Hall–Kier alpha value is -1.71. The van der Waals surface area contributed by atoms with Crippen molar-refractivity contribution in [3.8, 4) is 0 Å². The summed E-state index contributed by atoms with van der Waals surface area (Å²) >= 11 is 1.04. The summed E-state index contributed by atoms with van der Waals surface area (Å²) in [5, 5.41) is 5.63. The van der Waals surface area contributed by atoms with Gasteiger partial charge in [0.2, 0.25) is 10.0 Å². The molecule has 1 N–H and O–H groups in total. The van der Waals surface area contributed by atoms with Crippen molar-refractivity contribution >= 4 is 27.3 Å². The van der Waals surface area contributed by atoms with Crippen molar-refractivity contribution in [1.82, 2.24) is 14.5 Å². The Morgan fingerprint density at radius 3 is 2.95 bits per heavy atom. The molecule has 2 aromatic heterocycles. The third kappa shape index (κ3) is 3.93. The van der Waals surface area contributed by atoms with E-state index in [-0.39, 0.29) is 22.2 Å². The molecule has 2 aromatic rings. The molecule has 0 saturated carbocycles. The summed E-state index contributed by atoms with van der Waals surface area (Å²) in [7, 11) is -2.53. The van der Waals surface area contributed by atoms with Gasteiger partial charge in [-0.2, -0.15) is 5.10 Å². The van der Waals surface area contributed by atoms with Crippen molar-refractivity contribution in [3.63, 3.8) is 0 Å². The van der Waals surface area contributed by atoms with Gasteiger partial charge in [0, 0.05) is 25.5 Å². The number of carbonyl (C=O) groups is 1. The minimum atomic E-state index is -3.75. The Bertz CT molecular complexity index is 722. The van der Waals surface area contributed by atoms with Gasteiger partial charge in [0.1, 0.15) is 9.77 Å². The molecular formula is C13H17N3O4S2. The first-order valence-electron chi connectivity index (χ1n) is 6.57. The maximum Gasteiger partial charge on any atom is 0.349 e. The molecule has 2 heterocycles. The Labute approximate surface area is 133 Å². The Morgan fingerprint density at radius 1 is 1.55 bits per heavy atom. The number of ether oxygens (including phenoxy) is 1. The van der Waals surface area contributed by atoms with Crippen LogP contribution in [0.4, 0.5) is 0 Å². The average molecular weight is 343 g/mol. The second-order valence-corrected chi connectivity index (χ2v) is 7.44. The van der Waals surface area contributed by atoms with Gasteiger partial charge in [-0.15, -0.1) is 11.3 Å². The first-order chi connectivity index (χ1) is 10.4. The van der Waals surface area contributed by atoms with Crippen LogP contribution in [0.3, 0.4) is 0 Å². The monoisotopic (exact) mass is 343 g/mol. The van der Waals surface area contributed by atoms with Gasteiger partial charge in [0.25, 0.3) is 0 Å². The molecule has 0 saturated heterocycles. The van der Waals surface area contributed by atoms with E-state index in [0.717, 1.165) is 11.3 Å². The van der Waals surface area contributed by atoms with Gasteiger partial charge in [0.05, 0.1) is 7.11 Å². The molecule has 0 fully saturated rings.